The number of pyridine rings is 3. The summed E-state index contributed by atoms with van der Waals surface area (Å²) in [5.74, 6) is -0.735. The molecule has 0 aliphatic carbocycles. The van der Waals surface area contributed by atoms with Crippen LogP contribution in [0.4, 0.5) is 0 Å². The Morgan fingerprint density at radius 1 is 0.650 bits per heavy atom. The van der Waals surface area contributed by atoms with Crippen molar-refractivity contribution in [1.29, 1.82) is 0 Å². The maximum Gasteiger partial charge on any atom is 0.255 e. The molecule has 0 aliphatic heterocycles. The summed E-state index contributed by atoms with van der Waals surface area (Å²) in [5.41, 5.74) is 0.912. The van der Waals surface area contributed by atoms with E-state index in [9.17, 15) is 29.7 Å². The van der Waals surface area contributed by atoms with E-state index in [1.807, 2.05) is 20.8 Å². The number of Topliss-reactive ketones (excluding diaryl/α,β-unsaturated/α-hetero) is 1. The smallest absolute Gasteiger partial charge is 0.255 e. The fraction of sp³-hybridized carbons (Fsp3) is 0.357. The predicted molar refractivity (Wildman–Crippen MR) is 147 cm³/mol. The van der Waals surface area contributed by atoms with Crippen LogP contribution in [0.2, 0.25) is 0 Å². The Hall–Kier alpha value is -4.02. The number of carbonyl (C=O) groups excluding carboxylic acids is 3. The fourth-order valence-corrected chi connectivity index (χ4v) is 2.92. The minimum atomic E-state index is -0.262. The van der Waals surface area contributed by atoms with Gasteiger partial charge in [0.15, 0.2) is 5.78 Å². The van der Waals surface area contributed by atoms with Crippen LogP contribution in [0.1, 0.15) is 83.9 Å². The van der Waals surface area contributed by atoms with E-state index in [0.29, 0.717) is 25.1 Å². The third-order valence-electron chi connectivity index (χ3n) is 5.02. The molecular weight excluding hydrogens is 558 g/mol. The number of ketones is 1. The molecule has 218 valence electrons. The molecule has 0 aliphatic rings. The summed E-state index contributed by atoms with van der Waals surface area (Å²) >= 11 is 0. The van der Waals surface area contributed by atoms with Gasteiger partial charge < -0.3 is 26.0 Å². The number of aromatic hydroxyl groups is 3. The third kappa shape index (κ3) is 13.2. The first kappa shape index (κ1) is 36.0. The standard InChI is InChI=1S/C10H13NO2.2C9H12N2O2.Fe/c1-2-3-4-9(12)8-5-6-11-7-10(8)13;2*1-2-4-11-9(13)7-3-5-10-6-8(7)12;/h5-7,13H,2-4H2,1H3;2*3,5-6,12H,2,4H2,1H3,(H,11,13);. The largest absolute Gasteiger partial charge is 0.506 e. The van der Waals surface area contributed by atoms with Crippen molar-refractivity contribution >= 4 is 17.6 Å². The van der Waals surface area contributed by atoms with Crippen molar-refractivity contribution in [2.45, 2.75) is 52.9 Å². The Kier molecular flexibility index (Phi) is 18.8. The number of rotatable bonds is 10. The van der Waals surface area contributed by atoms with Crippen molar-refractivity contribution in [1.82, 2.24) is 25.6 Å². The van der Waals surface area contributed by atoms with Crippen molar-refractivity contribution in [2.75, 3.05) is 13.1 Å². The molecule has 0 unspecified atom stereocenters. The van der Waals surface area contributed by atoms with Gasteiger partial charge in [-0.1, -0.05) is 27.2 Å². The van der Waals surface area contributed by atoms with Crippen LogP contribution in [0, 0.1) is 0 Å². The van der Waals surface area contributed by atoms with E-state index >= 15 is 0 Å². The summed E-state index contributed by atoms with van der Waals surface area (Å²) in [7, 11) is 0. The number of hydrogen-bond donors (Lipinski definition) is 5. The van der Waals surface area contributed by atoms with Gasteiger partial charge >= 0.3 is 0 Å². The zero-order valence-electron chi connectivity index (χ0n) is 22.9. The summed E-state index contributed by atoms with van der Waals surface area (Å²) in [5, 5.41) is 33.1. The van der Waals surface area contributed by atoms with Crippen molar-refractivity contribution in [3.05, 3.63) is 72.1 Å². The van der Waals surface area contributed by atoms with E-state index in [-0.39, 0.29) is 63.0 Å². The van der Waals surface area contributed by atoms with Crippen molar-refractivity contribution in [2.24, 2.45) is 0 Å². The molecule has 3 heterocycles. The molecular formula is C28H37FeN5O6. The molecule has 0 saturated carbocycles. The Balaban J connectivity index is 0.000000563. The van der Waals surface area contributed by atoms with Gasteiger partial charge in [0.2, 0.25) is 0 Å². The summed E-state index contributed by atoms with van der Waals surface area (Å²) in [6.45, 7) is 7.18. The third-order valence-corrected chi connectivity index (χ3v) is 5.02. The second-order valence-corrected chi connectivity index (χ2v) is 8.22. The van der Waals surface area contributed by atoms with Crippen LogP contribution >= 0.6 is 0 Å². The predicted octanol–water partition coefficient (Wildman–Crippen LogP) is 4.01. The first-order valence-corrected chi connectivity index (χ1v) is 12.7. The molecule has 0 spiro atoms. The van der Waals surface area contributed by atoms with Crippen LogP contribution in [-0.4, -0.2) is 61.0 Å². The molecule has 12 heteroatoms. The normalized spacial score (nSPS) is 9.47. The molecule has 0 bridgehead atoms. The van der Waals surface area contributed by atoms with Gasteiger partial charge in [-0.25, -0.2) is 0 Å². The van der Waals surface area contributed by atoms with Gasteiger partial charge in [-0.15, -0.1) is 0 Å². The SMILES string of the molecule is CCCCC(=O)c1ccncc1O.CCCNC(=O)c1ccncc1O.CCCNC(=O)c1ccncc1O.[Fe]. The molecule has 11 nitrogen and oxygen atoms in total. The van der Waals surface area contributed by atoms with Crippen LogP contribution in [-0.2, 0) is 17.1 Å². The van der Waals surface area contributed by atoms with E-state index in [2.05, 4.69) is 25.6 Å². The Morgan fingerprint density at radius 3 is 1.35 bits per heavy atom. The van der Waals surface area contributed by atoms with Crippen LogP contribution in [0.5, 0.6) is 17.2 Å². The number of amides is 2. The summed E-state index contributed by atoms with van der Waals surface area (Å²) in [6, 6.07) is 4.52. The average Bonchev–Trinajstić information content (AvgIpc) is 2.94. The zero-order valence-corrected chi connectivity index (χ0v) is 24.0. The number of unbranched alkanes of at least 4 members (excludes halogenated alkanes) is 1. The van der Waals surface area contributed by atoms with Crippen LogP contribution < -0.4 is 10.6 Å². The van der Waals surface area contributed by atoms with Crippen LogP contribution in [0.15, 0.2) is 55.4 Å². The Labute approximate surface area is 245 Å². The molecule has 0 fully saturated rings. The van der Waals surface area contributed by atoms with E-state index in [1.165, 1.54) is 49.3 Å². The molecule has 40 heavy (non-hydrogen) atoms. The summed E-state index contributed by atoms with van der Waals surface area (Å²) < 4.78 is 0. The Bertz CT molecular complexity index is 1050. The number of nitrogens with one attached hydrogen (secondary N) is 2. The van der Waals surface area contributed by atoms with Crippen LogP contribution in [0.25, 0.3) is 0 Å². The quantitative estimate of drug-likeness (QED) is 0.171. The molecule has 0 radical (unpaired) electrons. The maximum absolute atomic E-state index is 11.4. The second kappa shape index (κ2) is 20.9. The molecule has 0 saturated heterocycles. The molecule has 5 N–H and O–H groups in total. The number of carbonyl (C=O) groups is 3. The Morgan fingerprint density at radius 2 is 1.02 bits per heavy atom. The molecule has 3 aromatic heterocycles. The van der Waals surface area contributed by atoms with E-state index < -0.39 is 0 Å². The van der Waals surface area contributed by atoms with Crippen LogP contribution in [0.3, 0.4) is 0 Å². The minimum absolute atomic E-state index is 0. The molecule has 3 rings (SSSR count). The van der Waals surface area contributed by atoms with Gasteiger partial charge in [0.1, 0.15) is 17.2 Å². The van der Waals surface area contributed by atoms with Gasteiger partial charge in [-0.05, 0) is 37.5 Å². The van der Waals surface area contributed by atoms with E-state index in [1.54, 1.807) is 6.07 Å². The molecule has 0 atom stereocenters. The van der Waals surface area contributed by atoms with Crippen molar-refractivity contribution in [3.63, 3.8) is 0 Å². The number of nitrogens with zero attached hydrogens (tertiary/aromatic N) is 3. The second-order valence-electron chi connectivity index (χ2n) is 8.22. The number of aromatic nitrogens is 3. The molecule has 3 aromatic rings. The monoisotopic (exact) mass is 595 g/mol. The average molecular weight is 595 g/mol. The van der Waals surface area contributed by atoms with Gasteiger partial charge in [0.05, 0.1) is 35.3 Å². The van der Waals surface area contributed by atoms with E-state index in [4.69, 9.17) is 0 Å². The van der Waals surface area contributed by atoms with Gasteiger partial charge in [0, 0.05) is 55.2 Å². The molecule has 0 aromatic carbocycles. The number of hydrogen-bond acceptors (Lipinski definition) is 9. The molecule has 2 amide bonds. The first-order chi connectivity index (χ1) is 18.8. The summed E-state index contributed by atoms with van der Waals surface area (Å²) in [4.78, 5) is 45.1. The topological polar surface area (TPSA) is 175 Å². The van der Waals surface area contributed by atoms with Gasteiger partial charge in [-0.3, -0.25) is 29.3 Å². The van der Waals surface area contributed by atoms with Crippen molar-refractivity contribution < 1.29 is 46.8 Å². The zero-order chi connectivity index (χ0) is 29.0. The van der Waals surface area contributed by atoms with Gasteiger partial charge in [-0.2, -0.15) is 0 Å². The maximum atomic E-state index is 11.4. The first-order valence-electron chi connectivity index (χ1n) is 12.7. The summed E-state index contributed by atoms with van der Waals surface area (Å²) in [6.07, 6.45) is 12.3. The minimum Gasteiger partial charge on any atom is -0.506 e. The van der Waals surface area contributed by atoms with Gasteiger partial charge in [0.25, 0.3) is 11.8 Å². The van der Waals surface area contributed by atoms with E-state index in [0.717, 1.165) is 25.7 Å². The fourth-order valence-electron chi connectivity index (χ4n) is 2.92. The van der Waals surface area contributed by atoms with Crippen molar-refractivity contribution in [3.8, 4) is 17.2 Å².